The van der Waals surface area contributed by atoms with Crippen molar-refractivity contribution in [3.8, 4) is 5.75 Å². The second-order valence-corrected chi connectivity index (χ2v) is 7.12. The molecule has 0 bridgehead atoms. The molecule has 1 aromatic carbocycles. The van der Waals surface area contributed by atoms with Crippen LogP contribution >= 0.6 is 27.3 Å². The van der Waals surface area contributed by atoms with Gasteiger partial charge < -0.3 is 15.4 Å². The SMILES string of the molecule is CCNC(=NCc1ccc(OC)c(Br)c1)NCCc1csc(C)n1. The van der Waals surface area contributed by atoms with Crippen molar-refractivity contribution < 1.29 is 4.74 Å². The summed E-state index contributed by atoms with van der Waals surface area (Å²) >= 11 is 5.19. The fourth-order valence-corrected chi connectivity index (χ4v) is 3.39. The van der Waals surface area contributed by atoms with E-state index in [1.165, 1.54) is 0 Å². The van der Waals surface area contributed by atoms with Crippen molar-refractivity contribution in [2.75, 3.05) is 20.2 Å². The van der Waals surface area contributed by atoms with Gasteiger partial charge in [0.15, 0.2) is 5.96 Å². The van der Waals surface area contributed by atoms with Crippen LogP contribution in [-0.4, -0.2) is 31.1 Å². The quantitative estimate of drug-likeness (QED) is 0.541. The predicted octanol–water partition coefficient (Wildman–Crippen LogP) is 3.52. The average molecular weight is 411 g/mol. The van der Waals surface area contributed by atoms with Gasteiger partial charge >= 0.3 is 0 Å². The second kappa shape index (κ2) is 9.64. The molecular formula is C17H23BrN4OS. The molecular weight excluding hydrogens is 388 g/mol. The van der Waals surface area contributed by atoms with Crippen LogP contribution in [0.25, 0.3) is 0 Å². The maximum absolute atomic E-state index is 5.25. The zero-order valence-electron chi connectivity index (χ0n) is 14.2. The van der Waals surface area contributed by atoms with E-state index in [0.29, 0.717) is 6.54 Å². The van der Waals surface area contributed by atoms with Crippen LogP contribution < -0.4 is 15.4 Å². The Bertz CT molecular complexity index is 687. The number of nitrogens with one attached hydrogen (secondary N) is 2. The molecule has 1 aromatic heterocycles. The van der Waals surface area contributed by atoms with Gasteiger partial charge in [-0.25, -0.2) is 9.98 Å². The normalized spacial score (nSPS) is 11.4. The maximum atomic E-state index is 5.25. The van der Waals surface area contributed by atoms with E-state index in [1.807, 2.05) is 25.1 Å². The number of hydrogen-bond donors (Lipinski definition) is 2. The zero-order valence-corrected chi connectivity index (χ0v) is 16.6. The van der Waals surface area contributed by atoms with Crippen molar-refractivity contribution in [2.45, 2.75) is 26.8 Å². The molecule has 2 aromatic rings. The van der Waals surface area contributed by atoms with Gasteiger partial charge in [0.05, 0.1) is 28.8 Å². The molecule has 7 heteroatoms. The third kappa shape index (κ3) is 5.79. The van der Waals surface area contributed by atoms with E-state index >= 15 is 0 Å². The molecule has 5 nitrogen and oxygen atoms in total. The third-order valence-electron chi connectivity index (χ3n) is 3.32. The van der Waals surface area contributed by atoms with Crippen LogP contribution in [0.15, 0.2) is 33.0 Å². The summed E-state index contributed by atoms with van der Waals surface area (Å²) in [6, 6.07) is 6.00. The molecule has 2 N–H and O–H groups in total. The monoisotopic (exact) mass is 410 g/mol. The number of rotatable bonds is 7. The summed E-state index contributed by atoms with van der Waals surface area (Å²) in [7, 11) is 1.66. The number of aromatic nitrogens is 1. The summed E-state index contributed by atoms with van der Waals surface area (Å²) in [6.07, 6.45) is 0.892. The molecule has 24 heavy (non-hydrogen) atoms. The van der Waals surface area contributed by atoms with Crippen molar-refractivity contribution in [1.82, 2.24) is 15.6 Å². The van der Waals surface area contributed by atoms with Crippen molar-refractivity contribution in [2.24, 2.45) is 4.99 Å². The van der Waals surface area contributed by atoms with Crippen LogP contribution in [0, 0.1) is 6.92 Å². The molecule has 0 aliphatic rings. The highest BCUT2D eigenvalue weighted by Crippen LogP contribution is 2.25. The van der Waals surface area contributed by atoms with Crippen LogP contribution in [-0.2, 0) is 13.0 Å². The number of aryl methyl sites for hydroxylation is 1. The predicted molar refractivity (Wildman–Crippen MR) is 104 cm³/mol. The molecule has 0 aliphatic carbocycles. The number of hydrogen-bond acceptors (Lipinski definition) is 4. The lowest BCUT2D eigenvalue weighted by Crippen LogP contribution is -2.38. The van der Waals surface area contributed by atoms with Crippen molar-refractivity contribution in [1.29, 1.82) is 0 Å². The van der Waals surface area contributed by atoms with Crippen molar-refractivity contribution in [3.05, 3.63) is 44.3 Å². The Morgan fingerprint density at radius 2 is 2.21 bits per heavy atom. The molecule has 0 aliphatic heterocycles. The lowest BCUT2D eigenvalue weighted by Gasteiger charge is -2.11. The first kappa shape index (κ1) is 18.7. The summed E-state index contributed by atoms with van der Waals surface area (Å²) < 4.78 is 6.19. The Morgan fingerprint density at radius 1 is 1.38 bits per heavy atom. The molecule has 0 saturated heterocycles. The van der Waals surface area contributed by atoms with Gasteiger partial charge in [-0.3, -0.25) is 0 Å². The van der Waals surface area contributed by atoms with Crippen LogP contribution in [0.2, 0.25) is 0 Å². The van der Waals surface area contributed by atoms with Gasteiger partial charge in [-0.1, -0.05) is 6.07 Å². The first-order valence-corrected chi connectivity index (χ1v) is 9.55. The Morgan fingerprint density at radius 3 is 2.83 bits per heavy atom. The largest absolute Gasteiger partial charge is 0.496 e. The minimum Gasteiger partial charge on any atom is -0.496 e. The standard InChI is InChI=1S/C17H23BrN4OS/c1-4-19-17(20-8-7-14-11-24-12(2)22-14)21-10-13-5-6-16(23-3)15(18)9-13/h5-6,9,11H,4,7-8,10H2,1-3H3,(H2,19,20,21). The number of benzene rings is 1. The lowest BCUT2D eigenvalue weighted by atomic mass is 10.2. The maximum Gasteiger partial charge on any atom is 0.191 e. The van der Waals surface area contributed by atoms with E-state index in [4.69, 9.17) is 4.74 Å². The Balaban J connectivity index is 1.91. The van der Waals surface area contributed by atoms with Crippen LogP contribution in [0.1, 0.15) is 23.2 Å². The molecule has 0 atom stereocenters. The van der Waals surface area contributed by atoms with E-state index < -0.39 is 0 Å². The van der Waals surface area contributed by atoms with E-state index in [2.05, 4.69) is 48.8 Å². The molecule has 0 radical (unpaired) electrons. The second-order valence-electron chi connectivity index (χ2n) is 5.20. The minimum atomic E-state index is 0.605. The molecule has 0 amide bonds. The van der Waals surface area contributed by atoms with Crippen LogP contribution in [0.5, 0.6) is 5.75 Å². The molecule has 0 saturated carbocycles. The molecule has 0 spiro atoms. The highest BCUT2D eigenvalue weighted by molar-refractivity contribution is 9.10. The van der Waals surface area contributed by atoms with Gasteiger partial charge in [0, 0.05) is 24.9 Å². The topological polar surface area (TPSA) is 58.5 Å². The average Bonchev–Trinajstić information content (AvgIpc) is 2.98. The van der Waals surface area contributed by atoms with Crippen LogP contribution in [0.3, 0.4) is 0 Å². The van der Waals surface area contributed by atoms with Crippen molar-refractivity contribution in [3.63, 3.8) is 0 Å². The van der Waals surface area contributed by atoms with Gasteiger partial charge in [0.25, 0.3) is 0 Å². The lowest BCUT2D eigenvalue weighted by molar-refractivity contribution is 0.412. The van der Waals surface area contributed by atoms with E-state index in [9.17, 15) is 0 Å². The van der Waals surface area contributed by atoms with Crippen LogP contribution in [0.4, 0.5) is 0 Å². The number of thiazole rings is 1. The van der Waals surface area contributed by atoms with Crippen molar-refractivity contribution >= 4 is 33.2 Å². The van der Waals surface area contributed by atoms with Gasteiger partial charge in [-0.05, 0) is 47.5 Å². The van der Waals surface area contributed by atoms with E-state index in [0.717, 1.165) is 52.0 Å². The minimum absolute atomic E-state index is 0.605. The van der Waals surface area contributed by atoms with Gasteiger partial charge in [-0.2, -0.15) is 0 Å². The zero-order chi connectivity index (χ0) is 17.4. The summed E-state index contributed by atoms with van der Waals surface area (Å²) in [5.74, 6) is 1.64. The number of halogens is 1. The van der Waals surface area contributed by atoms with Gasteiger partial charge in [0.2, 0.25) is 0 Å². The Labute approximate surface area is 155 Å². The summed E-state index contributed by atoms with van der Waals surface area (Å²) in [6.45, 7) is 6.33. The third-order valence-corrected chi connectivity index (χ3v) is 4.76. The Hall–Kier alpha value is -1.60. The highest BCUT2D eigenvalue weighted by Gasteiger charge is 2.03. The summed E-state index contributed by atoms with van der Waals surface area (Å²) in [4.78, 5) is 9.11. The number of ether oxygens (including phenoxy) is 1. The van der Waals surface area contributed by atoms with E-state index in [-0.39, 0.29) is 0 Å². The summed E-state index contributed by atoms with van der Waals surface area (Å²) in [5.41, 5.74) is 2.25. The first-order chi connectivity index (χ1) is 11.6. The molecule has 130 valence electrons. The fraction of sp³-hybridized carbons (Fsp3) is 0.412. The Kier molecular flexibility index (Phi) is 7.52. The number of nitrogens with zero attached hydrogens (tertiary/aromatic N) is 2. The number of methoxy groups -OCH3 is 1. The summed E-state index contributed by atoms with van der Waals surface area (Å²) in [5, 5.41) is 9.83. The number of aliphatic imine (C=N–C) groups is 1. The van der Waals surface area contributed by atoms with Gasteiger partial charge in [-0.15, -0.1) is 11.3 Å². The molecule has 2 rings (SSSR count). The molecule has 1 heterocycles. The van der Waals surface area contributed by atoms with Gasteiger partial charge in [0.1, 0.15) is 5.75 Å². The first-order valence-electron chi connectivity index (χ1n) is 7.88. The molecule has 0 unspecified atom stereocenters. The smallest absolute Gasteiger partial charge is 0.191 e. The number of guanidine groups is 1. The highest BCUT2D eigenvalue weighted by atomic mass is 79.9. The van der Waals surface area contributed by atoms with E-state index in [1.54, 1.807) is 18.4 Å². The molecule has 0 fully saturated rings. The fourth-order valence-electron chi connectivity index (χ4n) is 2.15.